The molecule has 20 heavy (non-hydrogen) atoms. The van der Waals surface area contributed by atoms with E-state index in [1.165, 1.54) is 19.0 Å². The molecule has 1 atom stereocenters. The van der Waals surface area contributed by atoms with Gasteiger partial charge in [-0.3, -0.25) is 4.68 Å². The van der Waals surface area contributed by atoms with Crippen molar-refractivity contribution in [3.05, 3.63) is 12.4 Å². The minimum Gasteiger partial charge on any atom is -0.312 e. The normalized spacial score (nSPS) is 24.8. The van der Waals surface area contributed by atoms with Crippen LogP contribution < -0.4 is 10.0 Å². The molecule has 0 spiro atoms. The maximum atomic E-state index is 12.2. The van der Waals surface area contributed by atoms with Gasteiger partial charge in [-0.25, -0.2) is 13.1 Å². The molecule has 2 aliphatic carbocycles. The van der Waals surface area contributed by atoms with Crippen LogP contribution in [0.4, 0.5) is 0 Å². The third-order valence-electron chi connectivity index (χ3n) is 4.08. The Bertz CT molecular complexity index is 589. The zero-order chi connectivity index (χ0) is 14.4. The van der Waals surface area contributed by atoms with Crippen LogP contribution in [0, 0.1) is 5.41 Å². The molecule has 0 radical (unpaired) electrons. The smallest absolute Gasteiger partial charge is 0.243 e. The fraction of sp³-hybridized carbons (Fsp3) is 0.769. The van der Waals surface area contributed by atoms with E-state index in [2.05, 4.69) is 29.0 Å². The predicted octanol–water partition coefficient (Wildman–Crippen LogP) is 0.712. The molecule has 0 aromatic carbocycles. The quantitative estimate of drug-likeness (QED) is 0.777. The summed E-state index contributed by atoms with van der Waals surface area (Å²) >= 11 is 0. The van der Waals surface area contributed by atoms with Crippen molar-refractivity contribution in [2.45, 2.75) is 56.6 Å². The number of nitrogens with zero attached hydrogens (tertiary/aromatic N) is 2. The van der Waals surface area contributed by atoms with Gasteiger partial charge in [0.15, 0.2) is 0 Å². The molecular formula is C13H22N4O2S. The molecule has 112 valence electrons. The number of nitrogens with one attached hydrogen (secondary N) is 2. The van der Waals surface area contributed by atoms with E-state index >= 15 is 0 Å². The van der Waals surface area contributed by atoms with Gasteiger partial charge in [-0.2, -0.15) is 5.10 Å². The first-order chi connectivity index (χ1) is 9.37. The highest BCUT2D eigenvalue weighted by Crippen LogP contribution is 2.45. The minimum absolute atomic E-state index is 0.0485. The van der Waals surface area contributed by atoms with E-state index in [1.54, 1.807) is 10.9 Å². The van der Waals surface area contributed by atoms with Crippen LogP contribution in [0.25, 0.3) is 0 Å². The average Bonchev–Trinajstić information content (AvgIpc) is 3.19. The molecule has 1 unspecified atom stereocenters. The first-order valence-electron chi connectivity index (χ1n) is 7.15. The Balaban J connectivity index is 1.57. The van der Waals surface area contributed by atoms with E-state index < -0.39 is 10.0 Å². The number of sulfonamides is 1. The lowest BCUT2D eigenvalue weighted by Crippen LogP contribution is -2.28. The molecule has 1 heterocycles. The first-order valence-corrected chi connectivity index (χ1v) is 8.63. The second kappa shape index (κ2) is 4.82. The van der Waals surface area contributed by atoms with Crippen LogP contribution in [0.3, 0.4) is 0 Å². The van der Waals surface area contributed by atoms with Gasteiger partial charge in [0.25, 0.3) is 0 Å². The van der Waals surface area contributed by atoms with Gasteiger partial charge in [0.1, 0.15) is 4.90 Å². The fourth-order valence-corrected chi connectivity index (χ4v) is 3.56. The van der Waals surface area contributed by atoms with Gasteiger partial charge in [0.05, 0.1) is 12.7 Å². The summed E-state index contributed by atoms with van der Waals surface area (Å²) in [4.78, 5) is 0.256. The third kappa shape index (κ3) is 3.21. The zero-order valence-corrected chi connectivity index (χ0v) is 12.8. The molecule has 3 rings (SSSR count). The Labute approximate surface area is 120 Å². The Morgan fingerprint density at radius 1 is 1.45 bits per heavy atom. The summed E-state index contributed by atoms with van der Waals surface area (Å²) in [6, 6.07) is 0.708. The second-order valence-electron chi connectivity index (χ2n) is 6.53. The van der Waals surface area contributed by atoms with Gasteiger partial charge < -0.3 is 5.32 Å². The van der Waals surface area contributed by atoms with Crippen molar-refractivity contribution in [2.75, 3.05) is 6.54 Å². The summed E-state index contributed by atoms with van der Waals surface area (Å²) in [7, 11) is -3.43. The van der Waals surface area contributed by atoms with Gasteiger partial charge in [0, 0.05) is 24.8 Å². The van der Waals surface area contributed by atoms with E-state index in [4.69, 9.17) is 0 Å². The molecule has 2 fully saturated rings. The molecule has 1 aromatic heterocycles. The van der Waals surface area contributed by atoms with E-state index in [1.807, 2.05) is 0 Å². The fourth-order valence-electron chi connectivity index (χ4n) is 2.20. The monoisotopic (exact) mass is 298 g/mol. The first kappa shape index (κ1) is 14.0. The molecule has 0 bridgehead atoms. The summed E-state index contributed by atoms with van der Waals surface area (Å²) in [6.45, 7) is 5.65. The largest absolute Gasteiger partial charge is 0.312 e. The van der Waals surface area contributed by atoms with Crippen LogP contribution in [0.15, 0.2) is 17.3 Å². The van der Waals surface area contributed by atoms with Gasteiger partial charge in [-0.05, 0) is 24.7 Å². The molecule has 7 heteroatoms. The van der Waals surface area contributed by atoms with Crippen LogP contribution in [-0.4, -0.2) is 36.8 Å². The number of rotatable bonds is 7. The molecule has 2 saturated carbocycles. The summed E-state index contributed by atoms with van der Waals surface area (Å²) in [5, 5.41) is 7.50. The lowest BCUT2D eigenvalue weighted by molar-refractivity contribution is 0.548. The maximum Gasteiger partial charge on any atom is 0.243 e. The Kier molecular flexibility index (Phi) is 3.38. The van der Waals surface area contributed by atoms with Gasteiger partial charge in [-0.1, -0.05) is 13.8 Å². The SMILES string of the molecule is CC1(C)CC1NS(=O)(=O)c1cnn(CCNC2CC2)c1. The summed E-state index contributed by atoms with van der Waals surface area (Å²) < 4.78 is 28.8. The van der Waals surface area contributed by atoms with Crippen molar-refractivity contribution in [1.29, 1.82) is 0 Å². The molecule has 1 aromatic rings. The van der Waals surface area contributed by atoms with E-state index in [0.29, 0.717) is 12.6 Å². The van der Waals surface area contributed by atoms with Crippen LogP contribution in [-0.2, 0) is 16.6 Å². The number of hydrogen-bond acceptors (Lipinski definition) is 4. The van der Waals surface area contributed by atoms with Crippen molar-refractivity contribution in [2.24, 2.45) is 5.41 Å². The van der Waals surface area contributed by atoms with Gasteiger partial charge in [-0.15, -0.1) is 0 Å². The second-order valence-corrected chi connectivity index (χ2v) is 8.25. The number of aromatic nitrogens is 2. The third-order valence-corrected chi connectivity index (χ3v) is 5.51. The standard InChI is InChI=1S/C13H22N4O2S/c1-13(2)7-12(13)16-20(18,19)11-8-15-17(9-11)6-5-14-10-3-4-10/h8-10,12,14,16H,3-7H2,1-2H3. The van der Waals surface area contributed by atoms with E-state index in [9.17, 15) is 8.42 Å². The minimum atomic E-state index is -3.43. The Morgan fingerprint density at radius 2 is 2.15 bits per heavy atom. The molecular weight excluding hydrogens is 276 g/mol. The topological polar surface area (TPSA) is 76.0 Å². The lowest BCUT2D eigenvalue weighted by atomic mass is 10.2. The van der Waals surface area contributed by atoms with Crippen LogP contribution in [0.2, 0.25) is 0 Å². The van der Waals surface area contributed by atoms with Crippen molar-refractivity contribution in [3.63, 3.8) is 0 Å². The molecule has 6 nitrogen and oxygen atoms in total. The number of hydrogen-bond donors (Lipinski definition) is 2. The van der Waals surface area contributed by atoms with E-state index in [-0.39, 0.29) is 16.4 Å². The molecule has 2 aliphatic rings. The predicted molar refractivity (Wildman–Crippen MR) is 75.8 cm³/mol. The van der Waals surface area contributed by atoms with Crippen LogP contribution in [0.1, 0.15) is 33.1 Å². The van der Waals surface area contributed by atoms with Crippen molar-refractivity contribution in [1.82, 2.24) is 19.8 Å². The van der Waals surface area contributed by atoms with Crippen LogP contribution in [0.5, 0.6) is 0 Å². The van der Waals surface area contributed by atoms with Crippen molar-refractivity contribution < 1.29 is 8.42 Å². The molecule has 2 N–H and O–H groups in total. The van der Waals surface area contributed by atoms with Crippen molar-refractivity contribution in [3.8, 4) is 0 Å². The highest BCUT2D eigenvalue weighted by atomic mass is 32.2. The summed E-state index contributed by atoms with van der Waals surface area (Å²) in [5.74, 6) is 0. The molecule has 0 amide bonds. The van der Waals surface area contributed by atoms with Gasteiger partial charge >= 0.3 is 0 Å². The summed E-state index contributed by atoms with van der Waals surface area (Å²) in [6.07, 6.45) is 6.42. The zero-order valence-electron chi connectivity index (χ0n) is 12.0. The summed E-state index contributed by atoms with van der Waals surface area (Å²) in [5.41, 5.74) is 0.0806. The van der Waals surface area contributed by atoms with Gasteiger partial charge in [0.2, 0.25) is 10.0 Å². The highest BCUT2D eigenvalue weighted by molar-refractivity contribution is 7.89. The van der Waals surface area contributed by atoms with Crippen LogP contribution >= 0.6 is 0 Å². The Hall–Kier alpha value is -0.920. The maximum absolute atomic E-state index is 12.2. The lowest BCUT2D eigenvalue weighted by Gasteiger charge is -2.06. The Morgan fingerprint density at radius 3 is 2.75 bits per heavy atom. The van der Waals surface area contributed by atoms with E-state index in [0.717, 1.165) is 13.0 Å². The average molecular weight is 298 g/mol. The molecule has 0 saturated heterocycles. The highest BCUT2D eigenvalue weighted by Gasteiger charge is 2.48. The molecule has 0 aliphatic heterocycles. The van der Waals surface area contributed by atoms with Crippen molar-refractivity contribution >= 4 is 10.0 Å².